The smallest absolute Gasteiger partial charge is 0.226 e. The first-order valence-electron chi connectivity index (χ1n) is 6.26. The normalized spacial score (nSPS) is 10.6. The second kappa shape index (κ2) is 5.61. The molecule has 1 heterocycles. The van der Waals surface area contributed by atoms with Gasteiger partial charge < -0.3 is 14.3 Å². The predicted molar refractivity (Wildman–Crippen MR) is 83.3 cm³/mol. The molecule has 0 aliphatic carbocycles. The monoisotopic (exact) mass is 345 g/mol. The van der Waals surface area contributed by atoms with E-state index < -0.39 is 0 Å². The largest absolute Gasteiger partial charge is 0.507 e. The van der Waals surface area contributed by atoms with Gasteiger partial charge in [0.05, 0.1) is 7.11 Å². The van der Waals surface area contributed by atoms with E-state index in [2.05, 4.69) is 20.9 Å². The highest BCUT2D eigenvalue weighted by atomic mass is 79.9. The summed E-state index contributed by atoms with van der Waals surface area (Å²) in [5.74, 6) is 1.43. The molecule has 1 aromatic heterocycles. The molecule has 0 unspecified atom stereocenters. The van der Waals surface area contributed by atoms with Gasteiger partial charge in [-0.2, -0.15) is 0 Å². The first kappa shape index (κ1) is 13.7. The van der Waals surface area contributed by atoms with E-state index in [0.717, 1.165) is 15.8 Å². The number of phenols is 1. The number of aromatic hydroxyl groups is 1. The third kappa shape index (κ3) is 2.78. The first-order chi connectivity index (χ1) is 10.2. The molecule has 0 bridgehead atoms. The van der Waals surface area contributed by atoms with Gasteiger partial charge in [0.25, 0.3) is 0 Å². The molecule has 0 fully saturated rings. The number of oxazole rings is 1. The van der Waals surface area contributed by atoms with E-state index in [0.29, 0.717) is 17.1 Å². The van der Waals surface area contributed by atoms with E-state index in [9.17, 15) is 5.11 Å². The van der Waals surface area contributed by atoms with Crippen molar-refractivity contribution in [3.63, 3.8) is 0 Å². The Balaban J connectivity index is 1.97. The van der Waals surface area contributed by atoms with E-state index in [-0.39, 0.29) is 5.75 Å². The Morgan fingerprint density at radius 3 is 2.62 bits per heavy atom. The van der Waals surface area contributed by atoms with Crippen molar-refractivity contribution in [2.45, 2.75) is 0 Å². The van der Waals surface area contributed by atoms with Crippen LogP contribution in [0, 0.1) is 0 Å². The molecule has 0 aliphatic rings. The maximum atomic E-state index is 9.92. The van der Waals surface area contributed by atoms with Crippen LogP contribution >= 0.6 is 15.9 Å². The molecule has 0 atom stereocenters. The third-order valence-electron chi connectivity index (χ3n) is 3.08. The molecule has 0 radical (unpaired) electrons. The molecule has 3 aromatic rings. The molecule has 0 spiro atoms. The fourth-order valence-corrected chi connectivity index (χ4v) is 2.34. The molecule has 0 saturated carbocycles. The predicted octanol–water partition coefficient (Wildman–Crippen LogP) is 4.49. The average molecular weight is 346 g/mol. The third-order valence-corrected chi connectivity index (χ3v) is 3.57. The second-order valence-electron chi connectivity index (χ2n) is 4.43. The summed E-state index contributed by atoms with van der Waals surface area (Å²) in [6.07, 6.45) is 1.53. The lowest BCUT2D eigenvalue weighted by molar-refractivity contribution is 0.415. The number of halogens is 1. The SMILES string of the molecule is COc1ccc(-c2nc(-c3cc(Br)ccc3O)co2)cc1. The number of phenolic OH excluding ortho intramolecular Hbond substituents is 1. The minimum atomic E-state index is 0.160. The lowest BCUT2D eigenvalue weighted by Gasteiger charge is -2.01. The van der Waals surface area contributed by atoms with Gasteiger partial charge in [0.1, 0.15) is 23.5 Å². The van der Waals surface area contributed by atoms with E-state index in [1.807, 2.05) is 24.3 Å². The lowest BCUT2D eigenvalue weighted by atomic mass is 10.1. The Hall–Kier alpha value is -2.27. The summed E-state index contributed by atoms with van der Waals surface area (Å²) < 4.78 is 11.5. The van der Waals surface area contributed by atoms with Crippen molar-refractivity contribution in [2.75, 3.05) is 7.11 Å². The molecule has 21 heavy (non-hydrogen) atoms. The van der Waals surface area contributed by atoms with Crippen molar-refractivity contribution in [2.24, 2.45) is 0 Å². The summed E-state index contributed by atoms with van der Waals surface area (Å²) in [4.78, 5) is 4.42. The topological polar surface area (TPSA) is 55.5 Å². The molecule has 3 rings (SSSR count). The van der Waals surface area contributed by atoms with Gasteiger partial charge in [0, 0.05) is 15.6 Å². The van der Waals surface area contributed by atoms with Gasteiger partial charge >= 0.3 is 0 Å². The van der Waals surface area contributed by atoms with E-state index >= 15 is 0 Å². The number of benzene rings is 2. The van der Waals surface area contributed by atoms with Crippen molar-refractivity contribution in [3.05, 3.63) is 53.2 Å². The Morgan fingerprint density at radius 2 is 1.90 bits per heavy atom. The zero-order valence-corrected chi connectivity index (χ0v) is 12.8. The Bertz CT molecular complexity index is 765. The maximum Gasteiger partial charge on any atom is 0.226 e. The number of nitrogens with zero attached hydrogens (tertiary/aromatic N) is 1. The van der Waals surface area contributed by atoms with Crippen LogP contribution < -0.4 is 4.74 Å². The summed E-state index contributed by atoms with van der Waals surface area (Å²) in [6, 6.07) is 12.6. The quantitative estimate of drug-likeness (QED) is 0.759. The minimum absolute atomic E-state index is 0.160. The zero-order valence-electron chi connectivity index (χ0n) is 11.2. The number of aromatic nitrogens is 1. The van der Waals surface area contributed by atoms with Crippen LogP contribution in [0.4, 0.5) is 0 Å². The van der Waals surface area contributed by atoms with Crippen molar-refractivity contribution in [1.29, 1.82) is 0 Å². The van der Waals surface area contributed by atoms with Crippen molar-refractivity contribution in [3.8, 4) is 34.2 Å². The summed E-state index contributed by atoms with van der Waals surface area (Å²) in [7, 11) is 1.62. The van der Waals surface area contributed by atoms with Crippen molar-refractivity contribution >= 4 is 15.9 Å². The highest BCUT2D eigenvalue weighted by Gasteiger charge is 2.12. The highest BCUT2D eigenvalue weighted by Crippen LogP contribution is 2.33. The van der Waals surface area contributed by atoms with Crippen LogP contribution in [0.25, 0.3) is 22.7 Å². The lowest BCUT2D eigenvalue weighted by Crippen LogP contribution is -1.83. The Kier molecular flexibility index (Phi) is 3.66. The van der Waals surface area contributed by atoms with Gasteiger partial charge in [-0.25, -0.2) is 4.98 Å². The number of methoxy groups -OCH3 is 1. The highest BCUT2D eigenvalue weighted by molar-refractivity contribution is 9.10. The molecular weight excluding hydrogens is 334 g/mol. The molecule has 1 N–H and O–H groups in total. The van der Waals surface area contributed by atoms with Crippen LogP contribution in [0.3, 0.4) is 0 Å². The van der Waals surface area contributed by atoms with Crippen LogP contribution in [0.2, 0.25) is 0 Å². The van der Waals surface area contributed by atoms with Gasteiger partial charge in [-0.05, 0) is 42.5 Å². The zero-order chi connectivity index (χ0) is 14.8. The van der Waals surface area contributed by atoms with Crippen LogP contribution in [0.15, 0.2) is 57.6 Å². The molecule has 106 valence electrons. The van der Waals surface area contributed by atoms with Gasteiger partial charge in [-0.1, -0.05) is 15.9 Å². The van der Waals surface area contributed by atoms with E-state index in [1.165, 1.54) is 6.26 Å². The van der Waals surface area contributed by atoms with Crippen molar-refractivity contribution in [1.82, 2.24) is 4.98 Å². The summed E-state index contributed by atoms with van der Waals surface area (Å²) in [6.45, 7) is 0. The molecule has 0 aliphatic heterocycles. The number of hydrogen-bond acceptors (Lipinski definition) is 4. The summed E-state index contributed by atoms with van der Waals surface area (Å²) >= 11 is 3.38. The Labute approximate surface area is 130 Å². The summed E-state index contributed by atoms with van der Waals surface area (Å²) in [5, 5.41) is 9.92. The minimum Gasteiger partial charge on any atom is -0.507 e. The van der Waals surface area contributed by atoms with Crippen LogP contribution in [0.5, 0.6) is 11.5 Å². The molecule has 2 aromatic carbocycles. The van der Waals surface area contributed by atoms with E-state index in [4.69, 9.17) is 9.15 Å². The second-order valence-corrected chi connectivity index (χ2v) is 5.34. The molecule has 0 saturated heterocycles. The fourth-order valence-electron chi connectivity index (χ4n) is 1.98. The molecule has 5 heteroatoms. The van der Waals surface area contributed by atoms with Crippen LogP contribution in [-0.2, 0) is 0 Å². The number of ether oxygens (including phenoxy) is 1. The van der Waals surface area contributed by atoms with Crippen LogP contribution in [-0.4, -0.2) is 17.2 Å². The van der Waals surface area contributed by atoms with Gasteiger partial charge in [0.15, 0.2) is 0 Å². The first-order valence-corrected chi connectivity index (χ1v) is 7.05. The molecule has 0 amide bonds. The summed E-state index contributed by atoms with van der Waals surface area (Å²) in [5.41, 5.74) is 2.05. The van der Waals surface area contributed by atoms with Gasteiger partial charge in [-0.15, -0.1) is 0 Å². The number of hydrogen-bond donors (Lipinski definition) is 1. The van der Waals surface area contributed by atoms with E-state index in [1.54, 1.807) is 25.3 Å². The van der Waals surface area contributed by atoms with Crippen LogP contribution in [0.1, 0.15) is 0 Å². The standard InChI is InChI=1S/C16H12BrNO3/c1-20-12-5-2-10(3-6-12)16-18-14(9-21-16)13-8-11(17)4-7-15(13)19/h2-9,19H,1H3. The fraction of sp³-hybridized carbons (Fsp3) is 0.0625. The molecule has 4 nitrogen and oxygen atoms in total. The van der Waals surface area contributed by atoms with Crippen molar-refractivity contribution < 1.29 is 14.3 Å². The maximum absolute atomic E-state index is 9.92. The average Bonchev–Trinajstić information content (AvgIpc) is 2.99. The Morgan fingerprint density at radius 1 is 1.14 bits per heavy atom. The van der Waals surface area contributed by atoms with Gasteiger partial charge in [-0.3, -0.25) is 0 Å². The molecular formula is C16H12BrNO3. The number of rotatable bonds is 3. The van der Waals surface area contributed by atoms with Gasteiger partial charge in [0.2, 0.25) is 5.89 Å².